The van der Waals surface area contributed by atoms with E-state index in [1.807, 2.05) is 22.8 Å². The molecule has 4 nitrogen and oxygen atoms in total. The second-order valence-electron chi connectivity index (χ2n) is 5.03. The zero-order chi connectivity index (χ0) is 11.8. The molecule has 3 atom stereocenters. The summed E-state index contributed by atoms with van der Waals surface area (Å²) in [5, 5.41) is 5.18. The van der Waals surface area contributed by atoms with E-state index in [0.717, 1.165) is 30.5 Å². The fourth-order valence-electron chi connectivity index (χ4n) is 2.71. The molecule has 5 heteroatoms. The van der Waals surface area contributed by atoms with Gasteiger partial charge < -0.3 is 10.2 Å². The first-order valence-electron chi connectivity index (χ1n) is 6.11. The number of nitrogens with one attached hydrogen (secondary N) is 1. The highest BCUT2D eigenvalue weighted by Crippen LogP contribution is 2.44. The average molecular weight is 251 g/mol. The molecular weight excluding hydrogens is 234 g/mol. The number of amides is 1. The van der Waals surface area contributed by atoms with Crippen LogP contribution in [-0.4, -0.2) is 35.4 Å². The zero-order valence-corrected chi connectivity index (χ0v) is 10.7. The zero-order valence-electron chi connectivity index (χ0n) is 9.93. The Morgan fingerprint density at radius 1 is 1.53 bits per heavy atom. The van der Waals surface area contributed by atoms with Crippen LogP contribution in [-0.2, 0) is 11.3 Å². The second-order valence-corrected chi connectivity index (χ2v) is 5.75. The first-order valence-corrected chi connectivity index (χ1v) is 7.05. The van der Waals surface area contributed by atoms with Crippen molar-refractivity contribution in [1.82, 2.24) is 15.2 Å². The highest BCUT2D eigenvalue weighted by molar-refractivity contribution is 7.07. The van der Waals surface area contributed by atoms with Gasteiger partial charge in [0.1, 0.15) is 0 Å². The Balaban J connectivity index is 1.74. The van der Waals surface area contributed by atoms with Crippen LogP contribution in [0.25, 0.3) is 0 Å². The smallest absolute Gasteiger partial charge is 0.240 e. The van der Waals surface area contributed by atoms with Crippen molar-refractivity contribution in [2.45, 2.75) is 25.4 Å². The van der Waals surface area contributed by atoms with Crippen molar-refractivity contribution in [3.05, 3.63) is 16.6 Å². The molecule has 1 aromatic rings. The lowest BCUT2D eigenvalue weighted by atomic mass is 10.1. The summed E-state index contributed by atoms with van der Waals surface area (Å²) in [5.41, 5.74) is 2.84. The molecule has 0 radical (unpaired) electrons. The Kier molecular flexibility index (Phi) is 2.88. The van der Waals surface area contributed by atoms with E-state index in [1.165, 1.54) is 6.42 Å². The minimum atomic E-state index is 0.00568. The Bertz CT molecular complexity index is 406. The molecule has 1 aliphatic carbocycles. The first kappa shape index (κ1) is 11.2. The normalized spacial score (nSPS) is 32.2. The lowest BCUT2D eigenvalue weighted by molar-refractivity contribution is -0.133. The molecule has 0 spiro atoms. The van der Waals surface area contributed by atoms with Crippen molar-refractivity contribution >= 4 is 17.2 Å². The van der Waals surface area contributed by atoms with Gasteiger partial charge in [-0.15, -0.1) is 11.3 Å². The minimum Gasteiger partial charge on any atom is -0.335 e. The lowest BCUT2D eigenvalue weighted by Gasteiger charge is -2.24. The number of fused-ring (bicyclic) bond motifs is 1. The number of likely N-dealkylation sites (N-methyl/N-ethyl adjacent to an activating group) is 1. The molecule has 1 saturated carbocycles. The van der Waals surface area contributed by atoms with Crippen LogP contribution in [0.1, 0.15) is 18.5 Å². The molecule has 2 fully saturated rings. The van der Waals surface area contributed by atoms with E-state index in [9.17, 15) is 4.79 Å². The van der Waals surface area contributed by atoms with Crippen molar-refractivity contribution in [2.75, 3.05) is 13.6 Å². The fraction of sp³-hybridized carbons (Fsp3) is 0.667. The summed E-state index contributed by atoms with van der Waals surface area (Å²) >= 11 is 1.59. The van der Waals surface area contributed by atoms with E-state index in [1.54, 1.807) is 11.3 Å². The van der Waals surface area contributed by atoms with Crippen molar-refractivity contribution in [3.63, 3.8) is 0 Å². The summed E-state index contributed by atoms with van der Waals surface area (Å²) in [6.45, 7) is 1.59. The second kappa shape index (κ2) is 4.38. The molecule has 3 rings (SSSR count). The molecule has 1 amide bonds. The topological polar surface area (TPSA) is 45.2 Å². The van der Waals surface area contributed by atoms with Crippen LogP contribution in [0.4, 0.5) is 0 Å². The molecular formula is C12H17N3OS. The Labute approximate surface area is 105 Å². The molecule has 92 valence electrons. The summed E-state index contributed by atoms with van der Waals surface area (Å²) in [6, 6.07) is 0.00568. The van der Waals surface area contributed by atoms with Crippen molar-refractivity contribution in [1.29, 1.82) is 0 Å². The van der Waals surface area contributed by atoms with E-state index < -0.39 is 0 Å². The van der Waals surface area contributed by atoms with Gasteiger partial charge in [0.25, 0.3) is 0 Å². The van der Waals surface area contributed by atoms with E-state index in [4.69, 9.17) is 0 Å². The molecule has 0 aromatic carbocycles. The number of hydrogen-bond acceptors (Lipinski definition) is 4. The standard InChI is InChI=1S/C12H17N3OS/c1-13-11-3-8-2-9(8)4-15(12(11)16)5-10-6-17-7-14-10/h6-9,11,13H,2-5H2,1H3. The SMILES string of the molecule is CNC1CC2CC2CN(Cc2cscn2)C1=O. The van der Waals surface area contributed by atoms with Crippen molar-refractivity contribution in [2.24, 2.45) is 11.8 Å². The molecule has 3 unspecified atom stereocenters. The predicted octanol–water partition coefficient (Wildman–Crippen LogP) is 1.10. The van der Waals surface area contributed by atoms with Gasteiger partial charge in [0, 0.05) is 11.9 Å². The number of carbonyl (C=O) groups is 1. The summed E-state index contributed by atoms with van der Waals surface area (Å²) in [4.78, 5) is 18.6. The predicted molar refractivity (Wildman–Crippen MR) is 66.6 cm³/mol. The molecule has 2 aliphatic rings. The van der Waals surface area contributed by atoms with Crippen molar-refractivity contribution in [3.8, 4) is 0 Å². The van der Waals surface area contributed by atoms with Gasteiger partial charge >= 0.3 is 0 Å². The van der Waals surface area contributed by atoms with E-state index >= 15 is 0 Å². The Morgan fingerprint density at radius 2 is 2.41 bits per heavy atom. The molecule has 1 aromatic heterocycles. The van der Waals surface area contributed by atoms with Gasteiger partial charge in [-0.2, -0.15) is 0 Å². The highest BCUT2D eigenvalue weighted by Gasteiger charge is 2.45. The summed E-state index contributed by atoms with van der Waals surface area (Å²) < 4.78 is 0. The van der Waals surface area contributed by atoms with Gasteiger partial charge in [-0.1, -0.05) is 0 Å². The van der Waals surface area contributed by atoms with Crippen LogP contribution in [0.3, 0.4) is 0 Å². The Morgan fingerprint density at radius 3 is 3.12 bits per heavy atom. The third-order valence-corrected chi connectivity index (χ3v) is 4.49. The number of aromatic nitrogens is 1. The monoisotopic (exact) mass is 251 g/mol. The fourth-order valence-corrected chi connectivity index (χ4v) is 3.26. The lowest BCUT2D eigenvalue weighted by Crippen LogP contribution is -2.44. The van der Waals surface area contributed by atoms with Crippen LogP contribution < -0.4 is 5.32 Å². The molecule has 2 heterocycles. The summed E-state index contributed by atoms with van der Waals surface area (Å²) in [5.74, 6) is 1.74. The highest BCUT2D eigenvalue weighted by atomic mass is 32.1. The largest absolute Gasteiger partial charge is 0.335 e. The Hall–Kier alpha value is -0.940. The van der Waals surface area contributed by atoms with Crippen LogP contribution >= 0.6 is 11.3 Å². The van der Waals surface area contributed by atoms with Crippen LogP contribution in [0.5, 0.6) is 0 Å². The van der Waals surface area contributed by atoms with Crippen LogP contribution in [0.15, 0.2) is 10.9 Å². The molecule has 1 saturated heterocycles. The number of carbonyl (C=O) groups excluding carboxylic acids is 1. The first-order chi connectivity index (χ1) is 8.28. The van der Waals surface area contributed by atoms with Crippen LogP contribution in [0, 0.1) is 11.8 Å². The third kappa shape index (κ3) is 2.21. The molecule has 1 N–H and O–H groups in total. The molecule has 17 heavy (non-hydrogen) atoms. The summed E-state index contributed by atoms with van der Waals surface area (Å²) in [6.07, 6.45) is 2.30. The maximum atomic E-state index is 12.3. The van der Waals surface area contributed by atoms with Crippen LogP contribution in [0.2, 0.25) is 0 Å². The number of thiazole rings is 1. The number of likely N-dealkylation sites (tertiary alicyclic amines) is 1. The number of rotatable bonds is 3. The van der Waals surface area contributed by atoms with E-state index in [2.05, 4.69) is 10.3 Å². The van der Waals surface area contributed by atoms with Gasteiger partial charge in [-0.3, -0.25) is 4.79 Å². The van der Waals surface area contributed by atoms with E-state index in [0.29, 0.717) is 6.54 Å². The quantitative estimate of drug-likeness (QED) is 0.875. The minimum absolute atomic E-state index is 0.00568. The summed E-state index contributed by atoms with van der Waals surface area (Å²) in [7, 11) is 1.88. The van der Waals surface area contributed by atoms with E-state index in [-0.39, 0.29) is 11.9 Å². The van der Waals surface area contributed by atoms with Crippen molar-refractivity contribution < 1.29 is 4.79 Å². The number of hydrogen-bond donors (Lipinski definition) is 1. The maximum absolute atomic E-state index is 12.3. The average Bonchev–Trinajstić information content (AvgIpc) is 2.86. The maximum Gasteiger partial charge on any atom is 0.240 e. The van der Waals surface area contributed by atoms with Gasteiger partial charge in [-0.25, -0.2) is 4.98 Å². The molecule has 1 aliphatic heterocycles. The third-order valence-electron chi connectivity index (χ3n) is 3.86. The van der Waals surface area contributed by atoms with Gasteiger partial charge in [0.05, 0.1) is 23.8 Å². The molecule has 0 bridgehead atoms. The van der Waals surface area contributed by atoms with Gasteiger partial charge in [0.2, 0.25) is 5.91 Å². The van der Waals surface area contributed by atoms with Gasteiger partial charge in [0.15, 0.2) is 0 Å². The van der Waals surface area contributed by atoms with Gasteiger partial charge in [-0.05, 0) is 31.7 Å². The number of nitrogens with zero attached hydrogens (tertiary/aromatic N) is 2.